The van der Waals surface area contributed by atoms with Crippen LogP contribution < -0.4 is 15.5 Å². The lowest BCUT2D eigenvalue weighted by Gasteiger charge is -2.26. The molecular weight excluding hydrogens is 461 g/mol. The minimum absolute atomic E-state index is 0. The van der Waals surface area contributed by atoms with E-state index in [-0.39, 0.29) is 30.0 Å². The standard InChI is InChI=1S/C22H37N5.HI/c1-3-23-22(24-12-17-26-13-5-4-6-14-26)25-19(2)20-10-9-11-21(18-20)27-15-7-8-16-27;/h9-11,18-19H,3-8,12-17H2,1-2H3,(H2,23,24,25);1H. The molecule has 2 aliphatic rings. The van der Waals surface area contributed by atoms with Crippen LogP contribution >= 0.6 is 24.0 Å². The summed E-state index contributed by atoms with van der Waals surface area (Å²) in [7, 11) is 0. The molecule has 0 radical (unpaired) electrons. The molecule has 0 bridgehead atoms. The maximum absolute atomic E-state index is 4.82. The fourth-order valence-electron chi connectivity index (χ4n) is 4.06. The number of likely N-dealkylation sites (tertiary alicyclic amines) is 1. The molecule has 2 N–H and O–H groups in total. The molecule has 2 aliphatic heterocycles. The van der Waals surface area contributed by atoms with E-state index in [0.717, 1.165) is 25.6 Å². The monoisotopic (exact) mass is 499 g/mol. The van der Waals surface area contributed by atoms with E-state index in [9.17, 15) is 0 Å². The van der Waals surface area contributed by atoms with E-state index in [2.05, 4.69) is 58.5 Å². The van der Waals surface area contributed by atoms with Crippen LogP contribution in [-0.2, 0) is 0 Å². The van der Waals surface area contributed by atoms with Gasteiger partial charge in [-0.25, -0.2) is 0 Å². The first-order chi connectivity index (χ1) is 13.3. The zero-order valence-corrected chi connectivity index (χ0v) is 20.0. The van der Waals surface area contributed by atoms with E-state index in [1.807, 2.05) is 0 Å². The number of hydrogen-bond acceptors (Lipinski definition) is 3. The molecule has 1 aromatic rings. The lowest BCUT2D eigenvalue weighted by atomic mass is 10.1. The van der Waals surface area contributed by atoms with Crippen LogP contribution in [0.25, 0.3) is 0 Å². The summed E-state index contributed by atoms with van der Waals surface area (Å²) < 4.78 is 0. The number of halogens is 1. The van der Waals surface area contributed by atoms with Gasteiger partial charge < -0.3 is 20.4 Å². The molecule has 158 valence electrons. The first-order valence-electron chi connectivity index (χ1n) is 10.9. The molecule has 0 aromatic heterocycles. The molecule has 0 spiro atoms. The van der Waals surface area contributed by atoms with Gasteiger partial charge in [-0.15, -0.1) is 24.0 Å². The molecule has 0 amide bonds. The lowest BCUT2D eigenvalue weighted by Crippen LogP contribution is -2.39. The van der Waals surface area contributed by atoms with Crippen LogP contribution in [0.3, 0.4) is 0 Å². The van der Waals surface area contributed by atoms with Crippen molar-refractivity contribution in [1.82, 2.24) is 15.5 Å². The van der Waals surface area contributed by atoms with Crippen LogP contribution in [0.15, 0.2) is 29.3 Å². The van der Waals surface area contributed by atoms with Gasteiger partial charge in [0.05, 0.1) is 12.6 Å². The minimum atomic E-state index is 0. The molecule has 1 aromatic carbocycles. The van der Waals surface area contributed by atoms with Crippen molar-refractivity contribution in [2.24, 2.45) is 4.99 Å². The quantitative estimate of drug-likeness (QED) is 0.338. The van der Waals surface area contributed by atoms with Crippen molar-refractivity contribution in [3.8, 4) is 0 Å². The Morgan fingerprint density at radius 2 is 1.79 bits per heavy atom. The maximum Gasteiger partial charge on any atom is 0.191 e. The number of nitrogens with zero attached hydrogens (tertiary/aromatic N) is 3. The first-order valence-corrected chi connectivity index (χ1v) is 10.9. The third-order valence-corrected chi connectivity index (χ3v) is 5.67. The number of piperidine rings is 1. The van der Waals surface area contributed by atoms with Gasteiger partial charge in [0.1, 0.15) is 0 Å². The van der Waals surface area contributed by atoms with Gasteiger partial charge in [0.2, 0.25) is 0 Å². The third kappa shape index (κ3) is 7.10. The lowest BCUT2D eigenvalue weighted by molar-refractivity contribution is 0.235. The first kappa shape index (κ1) is 23.3. The molecule has 3 rings (SSSR count). The number of rotatable bonds is 7. The van der Waals surface area contributed by atoms with E-state index in [1.165, 1.54) is 69.5 Å². The topological polar surface area (TPSA) is 42.9 Å². The van der Waals surface area contributed by atoms with Gasteiger partial charge in [-0.2, -0.15) is 0 Å². The second-order valence-corrected chi connectivity index (χ2v) is 7.82. The summed E-state index contributed by atoms with van der Waals surface area (Å²) in [6.45, 7) is 12.0. The summed E-state index contributed by atoms with van der Waals surface area (Å²) in [6.07, 6.45) is 6.69. The largest absolute Gasteiger partial charge is 0.372 e. The number of nitrogens with one attached hydrogen (secondary N) is 2. The summed E-state index contributed by atoms with van der Waals surface area (Å²) in [5, 5.41) is 6.99. The minimum Gasteiger partial charge on any atom is -0.372 e. The van der Waals surface area contributed by atoms with Gasteiger partial charge in [-0.05, 0) is 70.3 Å². The highest BCUT2D eigenvalue weighted by atomic mass is 127. The number of hydrogen-bond donors (Lipinski definition) is 2. The third-order valence-electron chi connectivity index (χ3n) is 5.67. The molecule has 0 saturated carbocycles. The average molecular weight is 499 g/mol. The van der Waals surface area contributed by atoms with Gasteiger partial charge in [-0.1, -0.05) is 18.6 Å². The Hall–Kier alpha value is -1.02. The van der Waals surface area contributed by atoms with Crippen LogP contribution in [0.4, 0.5) is 5.69 Å². The van der Waals surface area contributed by atoms with Gasteiger partial charge >= 0.3 is 0 Å². The average Bonchev–Trinajstić information content (AvgIpc) is 3.24. The van der Waals surface area contributed by atoms with Gasteiger partial charge in [-0.3, -0.25) is 4.99 Å². The fraction of sp³-hybridized carbons (Fsp3) is 0.682. The smallest absolute Gasteiger partial charge is 0.191 e. The molecule has 2 heterocycles. The van der Waals surface area contributed by atoms with Crippen LogP contribution in [-0.4, -0.2) is 56.7 Å². The Kier molecular flexibility index (Phi) is 10.4. The zero-order valence-electron chi connectivity index (χ0n) is 17.6. The van der Waals surface area contributed by atoms with E-state index < -0.39 is 0 Å². The van der Waals surface area contributed by atoms with Gasteiger partial charge in [0.15, 0.2) is 5.96 Å². The number of anilines is 1. The van der Waals surface area contributed by atoms with Crippen molar-refractivity contribution in [2.75, 3.05) is 50.7 Å². The Balaban J connectivity index is 0.00000280. The Morgan fingerprint density at radius 3 is 2.50 bits per heavy atom. The van der Waals surface area contributed by atoms with E-state index in [1.54, 1.807) is 0 Å². The summed E-state index contributed by atoms with van der Waals surface area (Å²) >= 11 is 0. The van der Waals surface area contributed by atoms with Crippen molar-refractivity contribution in [1.29, 1.82) is 0 Å². The highest BCUT2D eigenvalue weighted by molar-refractivity contribution is 14.0. The Morgan fingerprint density at radius 1 is 1.07 bits per heavy atom. The molecule has 28 heavy (non-hydrogen) atoms. The van der Waals surface area contributed by atoms with E-state index in [0.29, 0.717) is 0 Å². The van der Waals surface area contributed by atoms with Crippen molar-refractivity contribution in [3.63, 3.8) is 0 Å². The van der Waals surface area contributed by atoms with Crippen LogP contribution in [0.1, 0.15) is 57.6 Å². The molecule has 5 nitrogen and oxygen atoms in total. The highest BCUT2D eigenvalue weighted by Crippen LogP contribution is 2.23. The Labute approximate surface area is 188 Å². The summed E-state index contributed by atoms with van der Waals surface area (Å²) in [6, 6.07) is 9.20. The predicted octanol–water partition coefficient (Wildman–Crippen LogP) is 4.01. The predicted molar refractivity (Wildman–Crippen MR) is 131 cm³/mol. The van der Waals surface area contributed by atoms with Crippen molar-refractivity contribution in [3.05, 3.63) is 29.8 Å². The summed E-state index contributed by atoms with van der Waals surface area (Å²) in [5.41, 5.74) is 2.67. The highest BCUT2D eigenvalue weighted by Gasteiger charge is 2.15. The molecule has 2 fully saturated rings. The van der Waals surface area contributed by atoms with Crippen LogP contribution in [0.5, 0.6) is 0 Å². The van der Waals surface area contributed by atoms with Gasteiger partial charge in [0.25, 0.3) is 0 Å². The Bertz CT molecular complexity index is 594. The molecule has 1 unspecified atom stereocenters. The van der Waals surface area contributed by atoms with E-state index in [4.69, 9.17) is 4.99 Å². The summed E-state index contributed by atoms with van der Waals surface area (Å²) in [5.74, 6) is 0.925. The number of guanidine groups is 1. The second-order valence-electron chi connectivity index (χ2n) is 7.82. The maximum atomic E-state index is 4.82. The SMILES string of the molecule is CCNC(=NCCN1CCCCC1)NC(C)c1cccc(N2CCCC2)c1.I. The van der Waals surface area contributed by atoms with Crippen molar-refractivity contribution >= 4 is 35.6 Å². The van der Waals surface area contributed by atoms with Crippen LogP contribution in [0, 0.1) is 0 Å². The van der Waals surface area contributed by atoms with Crippen LogP contribution in [0.2, 0.25) is 0 Å². The molecular formula is C22H38IN5. The summed E-state index contributed by atoms with van der Waals surface area (Å²) in [4.78, 5) is 9.85. The zero-order chi connectivity index (χ0) is 18.9. The molecule has 6 heteroatoms. The number of aliphatic imine (C=N–C) groups is 1. The van der Waals surface area contributed by atoms with E-state index >= 15 is 0 Å². The van der Waals surface area contributed by atoms with Crippen molar-refractivity contribution in [2.45, 2.75) is 52.0 Å². The molecule has 0 aliphatic carbocycles. The second kappa shape index (κ2) is 12.5. The number of benzene rings is 1. The normalized spacial score (nSPS) is 19.2. The molecule has 2 saturated heterocycles. The molecule has 1 atom stereocenters. The fourth-order valence-corrected chi connectivity index (χ4v) is 4.06. The van der Waals surface area contributed by atoms with Gasteiger partial charge in [0, 0.05) is 31.9 Å². The van der Waals surface area contributed by atoms with Crippen molar-refractivity contribution < 1.29 is 0 Å².